The molecule has 0 saturated carbocycles. The van der Waals surface area contributed by atoms with Gasteiger partial charge in [0.15, 0.2) is 0 Å². The van der Waals surface area contributed by atoms with Gasteiger partial charge >= 0.3 is 0 Å². The maximum atomic E-state index is 11.7. The van der Waals surface area contributed by atoms with Crippen LogP contribution in [0, 0.1) is 5.92 Å². The summed E-state index contributed by atoms with van der Waals surface area (Å²) >= 11 is 0. The van der Waals surface area contributed by atoms with Crippen molar-refractivity contribution in [3.05, 3.63) is 0 Å². The lowest BCUT2D eigenvalue weighted by Gasteiger charge is -2.21. The molecular weight excluding hydrogens is 192 g/mol. The van der Waals surface area contributed by atoms with E-state index in [4.69, 9.17) is 10.5 Å². The second-order valence-corrected chi connectivity index (χ2v) is 4.22. The predicted molar refractivity (Wildman–Crippen MR) is 61.5 cm³/mol. The van der Waals surface area contributed by atoms with Gasteiger partial charge in [-0.05, 0) is 12.3 Å². The third-order valence-corrected chi connectivity index (χ3v) is 2.37. The number of rotatable bonds is 7. The Hall–Kier alpha value is -0.610. The van der Waals surface area contributed by atoms with Crippen molar-refractivity contribution in [1.82, 2.24) is 5.32 Å². The fraction of sp³-hybridized carbons (Fsp3) is 0.909. The smallest absolute Gasteiger partial charge is 0.237 e. The molecule has 0 rings (SSSR count). The van der Waals surface area contributed by atoms with Gasteiger partial charge in [0.2, 0.25) is 5.91 Å². The molecule has 3 N–H and O–H groups in total. The van der Waals surface area contributed by atoms with E-state index in [0.717, 1.165) is 12.8 Å². The van der Waals surface area contributed by atoms with E-state index in [1.807, 2.05) is 13.8 Å². The zero-order valence-electron chi connectivity index (χ0n) is 10.2. The minimum absolute atomic E-state index is 0.0808. The number of ether oxygens (including phenoxy) is 1. The van der Waals surface area contributed by atoms with Crippen LogP contribution in [0.2, 0.25) is 0 Å². The van der Waals surface area contributed by atoms with E-state index in [1.165, 1.54) is 0 Å². The molecule has 0 radical (unpaired) electrons. The number of nitrogens with two attached hydrogens (primary N) is 1. The van der Waals surface area contributed by atoms with Crippen molar-refractivity contribution in [3.63, 3.8) is 0 Å². The number of hydrogen-bond acceptors (Lipinski definition) is 3. The first-order chi connectivity index (χ1) is 7.02. The van der Waals surface area contributed by atoms with Crippen molar-refractivity contribution >= 4 is 5.91 Å². The highest BCUT2D eigenvalue weighted by atomic mass is 16.5. The van der Waals surface area contributed by atoms with Crippen LogP contribution in [0.15, 0.2) is 0 Å². The Kier molecular flexibility index (Phi) is 7.34. The van der Waals surface area contributed by atoms with E-state index >= 15 is 0 Å². The molecule has 0 bridgehead atoms. The zero-order valence-corrected chi connectivity index (χ0v) is 10.2. The van der Waals surface area contributed by atoms with Crippen LogP contribution in [0.4, 0.5) is 0 Å². The zero-order chi connectivity index (χ0) is 11.8. The van der Waals surface area contributed by atoms with Crippen molar-refractivity contribution in [3.8, 4) is 0 Å². The summed E-state index contributed by atoms with van der Waals surface area (Å²) in [6, 6.07) is -0.349. The van der Waals surface area contributed by atoms with Crippen LogP contribution in [0.1, 0.15) is 33.6 Å². The van der Waals surface area contributed by atoms with E-state index < -0.39 is 6.04 Å². The normalized spacial score (nSPS) is 15.1. The van der Waals surface area contributed by atoms with E-state index in [9.17, 15) is 4.79 Å². The highest BCUT2D eigenvalue weighted by Gasteiger charge is 2.19. The number of hydrogen-bond donors (Lipinski definition) is 2. The molecule has 0 spiro atoms. The average molecular weight is 216 g/mol. The molecule has 0 aromatic heterocycles. The van der Waals surface area contributed by atoms with Crippen molar-refractivity contribution in [2.75, 3.05) is 13.7 Å². The third-order valence-electron chi connectivity index (χ3n) is 2.37. The summed E-state index contributed by atoms with van der Waals surface area (Å²) in [5.41, 5.74) is 5.75. The molecule has 0 aliphatic carbocycles. The van der Waals surface area contributed by atoms with Gasteiger partial charge in [-0.2, -0.15) is 0 Å². The molecule has 4 heteroatoms. The first kappa shape index (κ1) is 14.4. The predicted octanol–water partition coefficient (Wildman–Crippen LogP) is 0.901. The van der Waals surface area contributed by atoms with Crippen molar-refractivity contribution in [1.29, 1.82) is 0 Å². The van der Waals surface area contributed by atoms with Gasteiger partial charge in [-0.3, -0.25) is 4.79 Å². The lowest BCUT2D eigenvalue weighted by atomic mass is 10.0. The number of carbonyl (C=O) groups excluding carboxylic acids is 1. The lowest BCUT2D eigenvalue weighted by molar-refractivity contribution is -0.124. The fourth-order valence-electron chi connectivity index (χ4n) is 1.35. The van der Waals surface area contributed by atoms with Gasteiger partial charge < -0.3 is 15.8 Å². The standard InChI is InChI=1S/C11H24N2O2/c1-5-6-9(7-15-4)13-11(14)10(12)8(2)3/h8-10H,5-7,12H2,1-4H3,(H,13,14). The summed E-state index contributed by atoms with van der Waals surface area (Å²) in [5.74, 6) is 0.0790. The van der Waals surface area contributed by atoms with Crippen LogP contribution in [0.25, 0.3) is 0 Å². The molecule has 4 nitrogen and oxygen atoms in total. The van der Waals surface area contributed by atoms with Gasteiger partial charge in [-0.25, -0.2) is 0 Å². The van der Waals surface area contributed by atoms with Gasteiger partial charge in [0.25, 0.3) is 0 Å². The van der Waals surface area contributed by atoms with Crippen molar-refractivity contribution in [2.45, 2.75) is 45.7 Å². The fourth-order valence-corrected chi connectivity index (χ4v) is 1.35. The molecule has 0 heterocycles. The summed E-state index contributed by atoms with van der Waals surface area (Å²) in [6.07, 6.45) is 1.94. The molecule has 0 fully saturated rings. The van der Waals surface area contributed by atoms with Gasteiger partial charge in [0.05, 0.1) is 18.7 Å². The molecule has 0 aromatic rings. The Morgan fingerprint density at radius 2 is 2.07 bits per heavy atom. The largest absolute Gasteiger partial charge is 0.383 e. The summed E-state index contributed by atoms with van der Waals surface area (Å²) < 4.78 is 5.04. The Labute approximate surface area is 92.6 Å². The highest BCUT2D eigenvalue weighted by Crippen LogP contribution is 2.01. The molecule has 15 heavy (non-hydrogen) atoms. The second kappa shape index (κ2) is 7.65. The Bertz CT molecular complexity index is 177. The van der Waals surface area contributed by atoms with Crippen LogP contribution in [0.5, 0.6) is 0 Å². The maximum absolute atomic E-state index is 11.7. The topological polar surface area (TPSA) is 64.3 Å². The van der Waals surface area contributed by atoms with Crippen LogP contribution in [0.3, 0.4) is 0 Å². The monoisotopic (exact) mass is 216 g/mol. The molecule has 2 unspecified atom stereocenters. The van der Waals surface area contributed by atoms with E-state index in [-0.39, 0.29) is 17.9 Å². The average Bonchev–Trinajstić information content (AvgIpc) is 2.17. The Balaban J connectivity index is 4.09. The van der Waals surface area contributed by atoms with Gasteiger partial charge in [-0.15, -0.1) is 0 Å². The summed E-state index contributed by atoms with van der Waals surface area (Å²) in [5, 5.41) is 2.91. The Morgan fingerprint density at radius 3 is 2.47 bits per heavy atom. The lowest BCUT2D eigenvalue weighted by Crippen LogP contribution is -2.49. The first-order valence-electron chi connectivity index (χ1n) is 5.57. The quantitative estimate of drug-likeness (QED) is 0.664. The van der Waals surface area contributed by atoms with Gasteiger partial charge in [-0.1, -0.05) is 27.2 Å². The van der Waals surface area contributed by atoms with Crippen LogP contribution in [-0.2, 0) is 9.53 Å². The molecule has 90 valence electrons. The van der Waals surface area contributed by atoms with E-state index in [2.05, 4.69) is 12.2 Å². The first-order valence-corrected chi connectivity index (χ1v) is 5.57. The molecule has 0 saturated heterocycles. The molecule has 0 aliphatic rings. The SMILES string of the molecule is CCCC(COC)NC(=O)C(N)C(C)C. The summed E-state index contributed by atoms with van der Waals surface area (Å²) in [6.45, 7) is 6.51. The van der Waals surface area contributed by atoms with Crippen LogP contribution < -0.4 is 11.1 Å². The minimum atomic E-state index is -0.429. The van der Waals surface area contributed by atoms with E-state index in [1.54, 1.807) is 7.11 Å². The van der Waals surface area contributed by atoms with E-state index in [0.29, 0.717) is 6.61 Å². The van der Waals surface area contributed by atoms with Crippen LogP contribution in [-0.4, -0.2) is 31.7 Å². The molecular formula is C11H24N2O2. The van der Waals surface area contributed by atoms with Crippen LogP contribution >= 0.6 is 0 Å². The molecule has 2 atom stereocenters. The summed E-state index contributed by atoms with van der Waals surface area (Å²) in [7, 11) is 1.64. The Morgan fingerprint density at radius 1 is 1.47 bits per heavy atom. The number of carbonyl (C=O) groups is 1. The van der Waals surface area contributed by atoms with Gasteiger partial charge in [0.1, 0.15) is 0 Å². The molecule has 0 aromatic carbocycles. The molecule has 1 amide bonds. The number of nitrogens with one attached hydrogen (secondary N) is 1. The maximum Gasteiger partial charge on any atom is 0.237 e. The minimum Gasteiger partial charge on any atom is -0.383 e. The van der Waals surface area contributed by atoms with Crippen molar-refractivity contribution < 1.29 is 9.53 Å². The molecule has 0 aliphatic heterocycles. The summed E-state index contributed by atoms with van der Waals surface area (Å²) in [4.78, 5) is 11.7. The van der Waals surface area contributed by atoms with Crippen molar-refractivity contribution in [2.24, 2.45) is 11.7 Å². The number of methoxy groups -OCH3 is 1. The second-order valence-electron chi connectivity index (χ2n) is 4.22. The van der Waals surface area contributed by atoms with Gasteiger partial charge in [0, 0.05) is 7.11 Å². The number of amides is 1. The highest BCUT2D eigenvalue weighted by molar-refractivity contribution is 5.82. The third kappa shape index (κ3) is 5.74.